The highest BCUT2D eigenvalue weighted by Gasteiger charge is 2.21. The molecule has 0 aromatic heterocycles. The first kappa shape index (κ1) is 15.7. The third-order valence-corrected chi connectivity index (χ3v) is 5.45. The lowest BCUT2D eigenvalue weighted by Gasteiger charge is -2.25. The summed E-state index contributed by atoms with van der Waals surface area (Å²) < 4.78 is 26.1. The molecule has 2 rings (SSSR count). The van der Waals surface area contributed by atoms with E-state index in [0.717, 1.165) is 32.2 Å². The third-order valence-electron chi connectivity index (χ3n) is 4.10. The van der Waals surface area contributed by atoms with E-state index in [2.05, 4.69) is 15.4 Å². The molecule has 0 spiro atoms. The van der Waals surface area contributed by atoms with Crippen molar-refractivity contribution in [2.24, 2.45) is 5.92 Å². The van der Waals surface area contributed by atoms with Gasteiger partial charge in [-0.1, -0.05) is 6.42 Å². The Bertz CT molecular complexity index is 415. The minimum Gasteiger partial charge on any atom is -0.355 e. The molecule has 3 N–H and O–H groups in total. The summed E-state index contributed by atoms with van der Waals surface area (Å²) in [6.45, 7) is 1.70. The second-order valence-corrected chi connectivity index (χ2v) is 7.74. The summed E-state index contributed by atoms with van der Waals surface area (Å²) in [5.74, 6) is 0.398. The number of sulfonamides is 1. The Morgan fingerprint density at radius 1 is 1.20 bits per heavy atom. The molecule has 1 heterocycles. The summed E-state index contributed by atoms with van der Waals surface area (Å²) in [5.41, 5.74) is 0. The van der Waals surface area contributed by atoms with E-state index in [0.29, 0.717) is 18.9 Å². The largest absolute Gasteiger partial charge is 0.355 e. The van der Waals surface area contributed by atoms with Crippen LogP contribution in [0, 0.1) is 5.92 Å². The van der Waals surface area contributed by atoms with E-state index >= 15 is 0 Å². The third kappa shape index (κ3) is 5.38. The maximum Gasteiger partial charge on any atom is 0.221 e. The molecule has 2 fully saturated rings. The average molecular weight is 303 g/mol. The highest BCUT2D eigenvalue weighted by atomic mass is 32.2. The number of carbonyl (C=O) groups is 1. The Hall–Kier alpha value is -0.660. The van der Waals surface area contributed by atoms with Gasteiger partial charge in [0.25, 0.3) is 0 Å². The van der Waals surface area contributed by atoms with Crippen LogP contribution in [0.15, 0.2) is 0 Å². The molecule has 7 heteroatoms. The van der Waals surface area contributed by atoms with E-state index in [9.17, 15) is 13.2 Å². The van der Waals surface area contributed by atoms with Crippen LogP contribution in [0.4, 0.5) is 0 Å². The van der Waals surface area contributed by atoms with Crippen LogP contribution in [0.5, 0.6) is 0 Å². The van der Waals surface area contributed by atoms with Crippen molar-refractivity contribution < 1.29 is 13.2 Å². The Morgan fingerprint density at radius 3 is 2.60 bits per heavy atom. The fourth-order valence-electron chi connectivity index (χ4n) is 2.57. The maximum atomic E-state index is 11.7. The van der Waals surface area contributed by atoms with E-state index in [1.165, 1.54) is 6.42 Å². The van der Waals surface area contributed by atoms with E-state index in [4.69, 9.17) is 0 Å². The molecule has 1 unspecified atom stereocenters. The highest BCUT2D eigenvalue weighted by Crippen LogP contribution is 2.25. The lowest BCUT2D eigenvalue weighted by atomic mass is 9.86. The zero-order chi connectivity index (χ0) is 14.4. The van der Waals surface area contributed by atoms with E-state index < -0.39 is 10.0 Å². The standard InChI is InChI=1S/C13H25N3O3S/c17-13(9-12-5-2-6-14-12)15-7-8-20(18,19)16-10-11-3-1-4-11/h11-12,14,16H,1-10H2,(H,15,17). The molecule has 0 radical (unpaired) electrons. The van der Waals surface area contributed by atoms with Crippen molar-refractivity contribution in [2.45, 2.75) is 44.6 Å². The molecule has 1 saturated heterocycles. The molecule has 0 bridgehead atoms. The molecular formula is C13H25N3O3S. The average Bonchev–Trinajstić information content (AvgIpc) is 2.79. The normalized spacial score (nSPS) is 23.5. The van der Waals surface area contributed by atoms with Gasteiger partial charge in [-0.05, 0) is 38.1 Å². The second-order valence-electron chi connectivity index (χ2n) is 5.81. The van der Waals surface area contributed by atoms with Crippen LogP contribution in [0.25, 0.3) is 0 Å². The molecule has 6 nitrogen and oxygen atoms in total. The Morgan fingerprint density at radius 2 is 2.00 bits per heavy atom. The van der Waals surface area contributed by atoms with E-state index in [1.807, 2.05) is 0 Å². The number of carbonyl (C=O) groups excluding carboxylic acids is 1. The molecule has 0 aromatic rings. The fraction of sp³-hybridized carbons (Fsp3) is 0.923. The first-order valence-corrected chi connectivity index (χ1v) is 9.18. The molecule has 1 aliphatic carbocycles. The van der Waals surface area contributed by atoms with Crippen molar-refractivity contribution >= 4 is 15.9 Å². The predicted octanol–water partition coefficient (Wildman–Crippen LogP) is -0.0358. The van der Waals surface area contributed by atoms with Gasteiger partial charge in [0.2, 0.25) is 15.9 Å². The van der Waals surface area contributed by atoms with Crippen LogP contribution in [-0.2, 0) is 14.8 Å². The van der Waals surface area contributed by atoms with Crippen molar-refractivity contribution in [1.29, 1.82) is 0 Å². The van der Waals surface area contributed by atoms with Gasteiger partial charge in [0, 0.05) is 25.6 Å². The van der Waals surface area contributed by atoms with Crippen molar-refractivity contribution in [2.75, 3.05) is 25.4 Å². The summed E-state index contributed by atoms with van der Waals surface area (Å²) >= 11 is 0. The molecule has 20 heavy (non-hydrogen) atoms. The molecule has 2 aliphatic rings. The van der Waals surface area contributed by atoms with Gasteiger partial charge in [-0.15, -0.1) is 0 Å². The fourth-order valence-corrected chi connectivity index (χ4v) is 3.57. The van der Waals surface area contributed by atoms with Crippen molar-refractivity contribution in [3.63, 3.8) is 0 Å². The van der Waals surface area contributed by atoms with E-state index in [1.54, 1.807) is 0 Å². The smallest absolute Gasteiger partial charge is 0.221 e. The van der Waals surface area contributed by atoms with Gasteiger partial charge in [0.1, 0.15) is 0 Å². The van der Waals surface area contributed by atoms with Gasteiger partial charge in [-0.3, -0.25) is 4.79 Å². The van der Waals surface area contributed by atoms with Crippen LogP contribution < -0.4 is 15.4 Å². The molecule has 1 atom stereocenters. The molecule has 1 saturated carbocycles. The maximum absolute atomic E-state index is 11.7. The topological polar surface area (TPSA) is 87.3 Å². The molecule has 0 aromatic carbocycles. The van der Waals surface area contributed by atoms with Gasteiger partial charge in [-0.25, -0.2) is 13.1 Å². The summed E-state index contributed by atoms with van der Waals surface area (Å²) in [7, 11) is -3.26. The number of rotatable bonds is 8. The Balaban J connectivity index is 1.57. The Labute approximate surface area is 121 Å². The van der Waals surface area contributed by atoms with Gasteiger partial charge in [0.05, 0.1) is 5.75 Å². The number of nitrogens with one attached hydrogen (secondary N) is 3. The monoisotopic (exact) mass is 303 g/mol. The van der Waals surface area contributed by atoms with Crippen LogP contribution in [0.3, 0.4) is 0 Å². The van der Waals surface area contributed by atoms with Gasteiger partial charge < -0.3 is 10.6 Å². The Kier molecular flexibility index (Phi) is 5.80. The number of hydrogen-bond acceptors (Lipinski definition) is 4. The minimum absolute atomic E-state index is 0.0381. The van der Waals surface area contributed by atoms with Gasteiger partial charge >= 0.3 is 0 Å². The molecule has 116 valence electrons. The first-order valence-electron chi connectivity index (χ1n) is 7.52. The zero-order valence-electron chi connectivity index (χ0n) is 11.9. The summed E-state index contributed by atoms with van der Waals surface area (Å²) in [6, 6.07) is 0.253. The molecular weight excluding hydrogens is 278 g/mol. The highest BCUT2D eigenvalue weighted by molar-refractivity contribution is 7.89. The summed E-state index contributed by atoms with van der Waals surface area (Å²) in [6.07, 6.45) is 6.01. The van der Waals surface area contributed by atoms with Crippen LogP contribution >= 0.6 is 0 Å². The SMILES string of the molecule is O=C(CC1CCCN1)NCCS(=O)(=O)NCC1CCC1. The van der Waals surface area contributed by atoms with Gasteiger partial charge in [0.15, 0.2) is 0 Å². The first-order chi connectivity index (χ1) is 9.55. The van der Waals surface area contributed by atoms with E-state index in [-0.39, 0.29) is 24.2 Å². The quantitative estimate of drug-likeness (QED) is 0.587. The number of hydrogen-bond donors (Lipinski definition) is 3. The van der Waals surface area contributed by atoms with Crippen molar-refractivity contribution in [3.8, 4) is 0 Å². The van der Waals surface area contributed by atoms with Crippen LogP contribution in [0.2, 0.25) is 0 Å². The van der Waals surface area contributed by atoms with Crippen LogP contribution in [0.1, 0.15) is 38.5 Å². The van der Waals surface area contributed by atoms with Gasteiger partial charge in [-0.2, -0.15) is 0 Å². The summed E-state index contributed by atoms with van der Waals surface area (Å²) in [5, 5.41) is 5.93. The molecule has 1 aliphatic heterocycles. The van der Waals surface area contributed by atoms with Crippen molar-refractivity contribution in [3.05, 3.63) is 0 Å². The molecule has 1 amide bonds. The summed E-state index contributed by atoms with van der Waals surface area (Å²) in [4.78, 5) is 11.6. The lowest BCUT2D eigenvalue weighted by molar-refractivity contribution is -0.121. The minimum atomic E-state index is -3.26. The number of amides is 1. The van der Waals surface area contributed by atoms with Crippen molar-refractivity contribution in [1.82, 2.24) is 15.4 Å². The second kappa shape index (κ2) is 7.38. The lowest BCUT2D eigenvalue weighted by Crippen LogP contribution is -2.38. The predicted molar refractivity (Wildman–Crippen MR) is 77.8 cm³/mol. The van der Waals surface area contributed by atoms with Crippen LogP contribution in [-0.4, -0.2) is 45.8 Å². The zero-order valence-corrected chi connectivity index (χ0v) is 12.7.